The molecule has 0 radical (unpaired) electrons. The highest BCUT2D eigenvalue weighted by molar-refractivity contribution is 7.20. The number of hydrogen-bond acceptors (Lipinski definition) is 6. The quantitative estimate of drug-likeness (QED) is 0.811. The fraction of sp³-hybridized carbons (Fsp3) is 0.250. The Balaban J connectivity index is 1.99. The molecule has 0 saturated heterocycles. The Morgan fingerprint density at radius 3 is 2.79 bits per heavy atom. The van der Waals surface area contributed by atoms with Crippen molar-refractivity contribution in [2.45, 2.75) is 0 Å². The van der Waals surface area contributed by atoms with Crippen molar-refractivity contribution in [3.63, 3.8) is 0 Å². The molecule has 0 bridgehead atoms. The number of nitrogens with zero attached hydrogens (tertiary/aromatic N) is 2. The summed E-state index contributed by atoms with van der Waals surface area (Å²) in [5, 5.41) is 4.36. The lowest BCUT2D eigenvalue weighted by atomic mass is 10.4. The van der Waals surface area contributed by atoms with Gasteiger partial charge in [-0.15, -0.1) is 22.7 Å². The Morgan fingerprint density at radius 2 is 2.16 bits per heavy atom. The SMILES string of the molecule is CN(C)C(=O)COC(=O)c1csc(-c2cccs2)n1. The first-order chi connectivity index (χ1) is 9.08. The summed E-state index contributed by atoms with van der Waals surface area (Å²) in [6.45, 7) is -0.266. The first kappa shape index (κ1) is 13.7. The predicted molar refractivity (Wildman–Crippen MR) is 74.4 cm³/mol. The highest BCUT2D eigenvalue weighted by Gasteiger charge is 2.15. The van der Waals surface area contributed by atoms with E-state index in [2.05, 4.69) is 4.98 Å². The summed E-state index contributed by atoms with van der Waals surface area (Å²) >= 11 is 2.94. The number of esters is 1. The van der Waals surface area contributed by atoms with Gasteiger partial charge in [0, 0.05) is 19.5 Å². The third-order valence-corrected chi connectivity index (χ3v) is 4.15. The van der Waals surface area contributed by atoms with Gasteiger partial charge in [0.15, 0.2) is 12.3 Å². The fourth-order valence-corrected chi connectivity index (χ4v) is 2.81. The van der Waals surface area contributed by atoms with E-state index < -0.39 is 5.97 Å². The molecule has 0 saturated carbocycles. The second-order valence-electron chi connectivity index (χ2n) is 3.88. The van der Waals surface area contributed by atoms with Gasteiger partial charge >= 0.3 is 5.97 Å². The average Bonchev–Trinajstić information content (AvgIpc) is 3.04. The van der Waals surface area contributed by atoms with Crippen molar-refractivity contribution < 1.29 is 14.3 Å². The lowest BCUT2D eigenvalue weighted by Crippen LogP contribution is -2.27. The lowest BCUT2D eigenvalue weighted by Gasteiger charge is -2.09. The molecule has 0 fully saturated rings. The van der Waals surface area contributed by atoms with Crippen LogP contribution >= 0.6 is 22.7 Å². The molecule has 0 aliphatic carbocycles. The molecule has 0 aromatic carbocycles. The van der Waals surface area contributed by atoms with Gasteiger partial charge in [0.25, 0.3) is 5.91 Å². The molecule has 5 nitrogen and oxygen atoms in total. The molecular weight excluding hydrogens is 284 g/mol. The van der Waals surface area contributed by atoms with Crippen LogP contribution in [0.15, 0.2) is 22.9 Å². The lowest BCUT2D eigenvalue weighted by molar-refractivity contribution is -0.131. The van der Waals surface area contributed by atoms with Crippen molar-refractivity contribution in [1.29, 1.82) is 0 Å². The number of hydrogen-bond donors (Lipinski definition) is 0. The Morgan fingerprint density at radius 1 is 1.37 bits per heavy atom. The van der Waals surface area contributed by atoms with Crippen LogP contribution in [0.3, 0.4) is 0 Å². The van der Waals surface area contributed by atoms with Gasteiger partial charge in [-0.2, -0.15) is 0 Å². The maximum Gasteiger partial charge on any atom is 0.358 e. The van der Waals surface area contributed by atoms with Crippen molar-refractivity contribution >= 4 is 34.6 Å². The van der Waals surface area contributed by atoms with Gasteiger partial charge in [0.2, 0.25) is 0 Å². The highest BCUT2D eigenvalue weighted by atomic mass is 32.1. The van der Waals surface area contributed by atoms with Crippen molar-refractivity contribution in [3.8, 4) is 9.88 Å². The first-order valence-electron chi connectivity index (χ1n) is 5.44. The van der Waals surface area contributed by atoms with Crippen LogP contribution in [0.2, 0.25) is 0 Å². The van der Waals surface area contributed by atoms with E-state index in [1.54, 1.807) is 30.8 Å². The standard InChI is InChI=1S/C12H12N2O3S2/c1-14(2)10(15)6-17-12(16)8-7-19-11(13-8)9-4-3-5-18-9/h3-5,7H,6H2,1-2H3. The summed E-state index contributed by atoms with van der Waals surface area (Å²) in [6.07, 6.45) is 0. The van der Waals surface area contributed by atoms with Crippen LogP contribution in [0, 0.1) is 0 Å². The molecule has 2 rings (SSSR count). The minimum Gasteiger partial charge on any atom is -0.451 e. The van der Waals surface area contributed by atoms with E-state index in [1.807, 2.05) is 17.5 Å². The topological polar surface area (TPSA) is 59.5 Å². The van der Waals surface area contributed by atoms with Crippen LogP contribution < -0.4 is 0 Å². The number of carbonyl (C=O) groups is 2. The third kappa shape index (κ3) is 3.39. The minimum atomic E-state index is -0.575. The van der Waals surface area contributed by atoms with E-state index in [-0.39, 0.29) is 18.2 Å². The summed E-state index contributed by atoms with van der Waals surface area (Å²) in [5.74, 6) is -0.837. The van der Waals surface area contributed by atoms with Gasteiger partial charge < -0.3 is 9.64 Å². The third-order valence-electron chi connectivity index (χ3n) is 2.27. The zero-order valence-corrected chi connectivity index (χ0v) is 12.1. The van der Waals surface area contributed by atoms with Gasteiger partial charge in [0.1, 0.15) is 5.01 Å². The highest BCUT2D eigenvalue weighted by Crippen LogP contribution is 2.27. The van der Waals surface area contributed by atoms with Crippen molar-refractivity contribution in [3.05, 3.63) is 28.6 Å². The number of ether oxygens (including phenoxy) is 1. The van der Waals surface area contributed by atoms with E-state index in [1.165, 1.54) is 16.2 Å². The van der Waals surface area contributed by atoms with Gasteiger partial charge in [-0.1, -0.05) is 6.07 Å². The summed E-state index contributed by atoms with van der Waals surface area (Å²) < 4.78 is 4.90. The summed E-state index contributed by atoms with van der Waals surface area (Å²) in [4.78, 5) is 29.6. The van der Waals surface area contributed by atoms with E-state index in [0.717, 1.165) is 9.88 Å². The summed E-state index contributed by atoms with van der Waals surface area (Å²) in [7, 11) is 3.21. The number of carbonyl (C=O) groups excluding carboxylic acids is 2. The van der Waals surface area contributed by atoms with Crippen molar-refractivity contribution in [1.82, 2.24) is 9.88 Å². The van der Waals surface area contributed by atoms with Gasteiger partial charge in [0.05, 0.1) is 4.88 Å². The maximum absolute atomic E-state index is 11.7. The summed E-state index contributed by atoms with van der Waals surface area (Å²) in [6, 6.07) is 3.86. The molecule has 0 aliphatic rings. The summed E-state index contributed by atoms with van der Waals surface area (Å²) in [5.41, 5.74) is 0.236. The van der Waals surface area contributed by atoms with Crippen LogP contribution in [-0.4, -0.2) is 42.5 Å². The van der Waals surface area contributed by atoms with Crippen LogP contribution in [0.1, 0.15) is 10.5 Å². The number of likely N-dealkylation sites (N-methyl/N-ethyl adjacent to an activating group) is 1. The van der Waals surface area contributed by atoms with Gasteiger partial charge in [-0.3, -0.25) is 4.79 Å². The molecule has 0 spiro atoms. The normalized spacial score (nSPS) is 10.2. The second-order valence-corrected chi connectivity index (χ2v) is 5.69. The zero-order chi connectivity index (χ0) is 13.8. The molecule has 0 unspecified atom stereocenters. The molecule has 2 heterocycles. The first-order valence-corrected chi connectivity index (χ1v) is 7.20. The number of rotatable bonds is 4. The van der Waals surface area contributed by atoms with Crippen molar-refractivity contribution in [2.75, 3.05) is 20.7 Å². The Kier molecular flexibility index (Phi) is 4.28. The largest absolute Gasteiger partial charge is 0.451 e. The van der Waals surface area contributed by atoms with Crippen LogP contribution in [0.4, 0.5) is 0 Å². The molecule has 7 heteroatoms. The number of thiophene rings is 1. The predicted octanol–water partition coefficient (Wildman–Crippen LogP) is 2.12. The molecule has 19 heavy (non-hydrogen) atoms. The molecule has 0 atom stereocenters. The Hall–Kier alpha value is -1.73. The molecule has 0 aliphatic heterocycles. The van der Waals surface area contributed by atoms with E-state index in [4.69, 9.17) is 4.74 Å². The number of thiazole rings is 1. The van der Waals surface area contributed by atoms with E-state index >= 15 is 0 Å². The van der Waals surface area contributed by atoms with Crippen molar-refractivity contribution in [2.24, 2.45) is 0 Å². The van der Waals surface area contributed by atoms with Gasteiger partial charge in [-0.25, -0.2) is 9.78 Å². The Bertz CT molecular complexity index is 576. The van der Waals surface area contributed by atoms with E-state index in [9.17, 15) is 9.59 Å². The molecular formula is C12H12N2O3S2. The maximum atomic E-state index is 11.7. The minimum absolute atomic E-state index is 0.236. The Labute approximate surface area is 118 Å². The van der Waals surface area contributed by atoms with Gasteiger partial charge in [-0.05, 0) is 11.4 Å². The molecule has 1 amide bonds. The molecule has 2 aromatic heterocycles. The number of amides is 1. The smallest absolute Gasteiger partial charge is 0.358 e. The van der Waals surface area contributed by atoms with E-state index in [0.29, 0.717) is 0 Å². The second kappa shape index (κ2) is 5.94. The van der Waals surface area contributed by atoms with Crippen LogP contribution in [-0.2, 0) is 9.53 Å². The average molecular weight is 296 g/mol. The number of aromatic nitrogens is 1. The van der Waals surface area contributed by atoms with Crippen LogP contribution in [0.5, 0.6) is 0 Å². The molecule has 0 N–H and O–H groups in total. The molecule has 100 valence electrons. The monoisotopic (exact) mass is 296 g/mol. The molecule has 2 aromatic rings. The van der Waals surface area contributed by atoms with Crippen LogP contribution in [0.25, 0.3) is 9.88 Å². The fourth-order valence-electron chi connectivity index (χ4n) is 1.21. The zero-order valence-electron chi connectivity index (χ0n) is 10.5.